The first-order valence-corrected chi connectivity index (χ1v) is 6.76. The Labute approximate surface area is 116 Å². The molecule has 0 aliphatic carbocycles. The van der Waals surface area contributed by atoms with Gasteiger partial charge in [0.1, 0.15) is 5.69 Å². The van der Waals surface area contributed by atoms with Crippen LogP contribution in [-0.4, -0.2) is 23.2 Å². The summed E-state index contributed by atoms with van der Waals surface area (Å²) >= 11 is 0. The Hall–Kier alpha value is -1.30. The van der Waals surface area contributed by atoms with Crippen LogP contribution in [0.1, 0.15) is 38.8 Å². The molecule has 0 aromatic carbocycles. The van der Waals surface area contributed by atoms with Gasteiger partial charge in [-0.05, 0) is 38.3 Å². The fourth-order valence-electron chi connectivity index (χ4n) is 2.38. The number of halogens is 3. The Balaban J connectivity index is 2.00. The van der Waals surface area contributed by atoms with E-state index in [1.54, 1.807) is 0 Å². The predicted octanol–water partition coefficient (Wildman–Crippen LogP) is 3.86. The lowest BCUT2D eigenvalue weighted by Gasteiger charge is -2.38. The number of ether oxygens (including phenoxy) is 1. The molecule has 1 fully saturated rings. The van der Waals surface area contributed by atoms with Crippen LogP contribution in [0.25, 0.3) is 0 Å². The smallest absolute Gasteiger partial charge is 0.381 e. The second-order valence-electron chi connectivity index (χ2n) is 5.42. The highest BCUT2D eigenvalue weighted by Gasteiger charge is 2.33. The van der Waals surface area contributed by atoms with Gasteiger partial charge >= 0.3 is 6.18 Å². The lowest BCUT2D eigenvalue weighted by atomic mass is 9.90. The molecule has 2 atom stereocenters. The third kappa shape index (κ3) is 3.62. The van der Waals surface area contributed by atoms with Gasteiger partial charge in [-0.3, -0.25) is 0 Å². The van der Waals surface area contributed by atoms with Gasteiger partial charge in [0.25, 0.3) is 0 Å². The lowest BCUT2D eigenvalue weighted by molar-refractivity contribution is -0.141. The van der Waals surface area contributed by atoms with E-state index in [0.29, 0.717) is 12.3 Å². The molecule has 20 heavy (non-hydrogen) atoms. The zero-order valence-corrected chi connectivity index (χ0v) is 11.6. The predicted molar refractivity (Wildman–Crippen MR) is 70.5 cm³/mol. The van der Waals surface area contributed by atoms with Crippen molar-refractivity contribution in [2.24, 2.45) is 0 Å². The Morgan fingerprint density at radius 1 is 1.45 bits per heavy atom. The molecule has 1 aromatic rings. The van der Waals surface area contributed by atoms with Crippen molar-refractivity contribution >= 4 is 5.69 Å². The van der Waals surface area contributed by atoms with E-state index < -0.39 is 11.9 Å². The van der Waals surface area contributed by atoms with Crippen LogP contribution < -0.4 is 5.32 Å². The van der Waals surface area contributed by atoms with Crippen molar-refractivity contribution in [1.29, 1.82) is 0 Å². The first-order chi connectivity index (χ1) is 9.32. The largest absolute Gasteiger partial charge is 0.433 e. The highest BCUT2D eigenvalue weighted by molar-refractivity contribution is 5.42. The summed E-state index contributed by atoms with van der Waals surface area (Å²) in [6, 6.07) is 2.63. The molecule has 2 unspecified atom stereocenters. The quantitative estimate of drug-likeness (QED) is 0.917. The van der Waals surface area contributed by atoms with Gasteiger partial charge in [-0.15, -0.1) is 0 Å². The minimum absolute atomic E-state index is 0.157. The molecule has 0 radical (unpaired) electrons. The number of alkyl halides is 3. The maximum atomic E-state index is 12.4. The van der Waals surface area contributed by atoms with Crippen molar-refractivity contribution in [3.8, 4) is 0 Å². The minimum atomic E-state index is -4.39. The van der Waals surface area contributed by atoms with Crippen molar-refractivity contribution < 1.29 is 17.9 Å². The molecule has 1 aliphatic heterocycles. The molecule has 3 nitrogen and oxygen atoms in total. The normalized spacial score (nSPS) is 27.4. The van der Waals surface area contributed by atoms with E-state index >= 15 is 0 Å². The van der Waals surface area contributed by atoms with Crippen LogP contribution in [-0.2, 0) is 10.9 Å². The molecular weight excluding hydrogens is 269 g/mol. The Morgan fingerprint density at radius 2 is 2.20 bits per heavy atom. The van der Waals surface area contributed by atoms with Crippen molar-refractivity contribution in [1.82, 2.24) is 4.98 Å². The maximum absolute atomic E-state index is 12.4. The maximum Gasteiger partial charge on any atom is 0.433 e. The first kappa shape index (κ1) is 15.1. The SMILES string of the molecule is CCC1(C)CC(Nc2ccc(C(F)(F)F)nc2)CCO1. The third-order valence-electron chi connectivity index (χ3n) is 3.77. The number of anilines is 1. The molecule has 6 heteroatoms. The van der Waals surface area contributed by atoms with Gasteiger partial charge in [0.2, 0.25) is 0 Å². The van der Waals surface area contributed by atoms with Gasteiger partial charge in [-0.1, -0.05) is 6.92 Å². The average Bonchev–Trinajstić information content (AvgIpc) is 2.38. The van der Waals surface area contributed by atoms with E-state index in [-0.39, 0.29) is 11.6 Å². The van der Waals surface area contributed by atoms with E-state index in [0.717, 1.165) is 25.3 Å². The van der Waals surface area contributed by atoms with Gasteiger partial charge in [-0.25, -0.2) is 4.98 Å². The summed E-state index contributed by atoms with van der Waals surface area (Å²) in [5, 5.41) is 3.24. The van der Waals surface area contributed by atoms with E-state index in [9.17, 15) is 13.2 Å². The van der Waals surface area contributed by atoms with E-state index in [1.807, 2.05) is 0 Å². The van der Waals surface area contributed by atoms with Crippen LogP contribution in [0, 0.1) is 0 Å². The molecule has 2 rings (SSSR count). The Bertz CT molecular complexity index is 447. The summed E-state index contributed by atoms with van der Waals surface area (Å²) in [7, 11) is 0. The van der Waals surface area contributed by atoms with Crippen LogP contribution in [0.3, 0.4) is 0 Å². The highest BCUT2D eigenvalue weighted by atomic mass is 19.4. The molecule has 0 saturated carbocycles. The molecule has 0 bridgehead atoms. The number of aromatic nitrogens is 1. The van der Waals surface area contributed by atoms with Crippen LogP contribution >= 0.6 is 0 Å². The fraction of sp³-hybridized carbons (Fsp3) is 0.643. The third-order valence-corrected chi connectivity index (χ3v) is 3.77. The zero-order valence-electron chi connectivity index (χ0n) is 11.6. The summed E-state index contributed by atoms with van der Waals surface area (Å²) in [4.78, 5) is 3.45. The Morgan fingerprint density at radius 3 is 2.75 bits per heavy atom. The van der Waals surface area contributed by atoms with Crippen LogP contribution in [0.15, 0.2) is 18.3 Å². The summed E-state index contributed by atoms with van der Waals surface area (Å²) in [5.41, 5.74) is -0.410. The van der Waals surface area contributed by atoms with Crippen LogP contribution in [0.4, 0.5) is 18.9 Å². The van der Waals surface area contributed by atoms with Gasteiger partial charge in [0, 0.05) is 12.6 Å². The van der Waals surface area contributed by atoms with E-state index in [1.165, 1.54) is 12.3 Å². The molecule has 1 N–H and O–H groups in total. The van der Waals surface area contributed by atoms with E-state index in [4.69, 9.17) is 4.74 Å². The molecule has 1 aliphatic rings. The van der Waals surface area contributed by atoms with Gasteiger partial charge in [0.05, 0.1) is 17.5 Å². The number of hydrogen-bond donors (Lipinski definition) is 1. The van der Waals surface area contributed by atoms with Crippen molar-refractivity contribution in [2.75, 3.05) is 11.9 Å². The highest BCUT2D eigenvalue weighted by Crippen LogP contribution is 2.31. The van der Waals surface area contributed by atoms with Crippen LogP contribution in [0.5, 0.6) is 0 Å². The molecule has 1 aromatic heterocycles. The number of hydrogen-bond acceptors (Lipinski definition) is 3. The second-order valence-corrected chi connectivity index (χ2v) is 5.42. The summed E-state index contributed by atoms with van der Waals surface area (Å²) in [6.45, 7) is 4.80. The second kappa shape index (κ2) is 5.60. The van der Waals surface area contributed by atoms with Crippen molar-refractivity contribution in [3.05, 3.63) is 24.0 Å². The molecule has 0 spiro atoms. The van der Waals surface area contributed by atoms with Gasteiger partial charge in [0.15, 0.2) is 0 Å². The minimum Gasteiger partial charge on any atom is -0.381 e. The first-order valence-electron chi connectivity index (χ1n) is 6.76. The molecule has 112 valence electrons. The number of nitrogens with zero attached hydrogens (tertiary/aromatic N) is 1. The van der Waals surface area contributed by atoms with Gasteiger partial charge in [-0.2, -0.15) is 13.2 Å². The van der Waals surface area contributed by atoms with Crippen molar-refractivity contribution in [3.63, 3.8) is 0 Å². The molecule has 1 saturated heterocycles. The standard InChI is InChI=1S/C14H19F3N2O/c1-3-13(2)8-10(6-7-20-13)19-11-4-5-12(18-9-11)14(15,16)17/h4-5,9-10,19H,3,6-8H2,1-2H3. The molecular formula is C14H19F3N2O. The van der Waals surface area contributed by atoms with E-state index in [2.05, 4.69) is 24.1 Å². The average molecular weight is 288 g/mol. The van der Waals surface area contributed by atoms with Gasteiger partial charge < -0.3 is 10.1 Å². The zero-order chi connectivity index (χ0) is 14.8. The summed E-state index contributed by atoms with van der Waals surface area (Å²) in [6.07, 6.45) is -0.558. The Kier molecular flexibility index (Phi) is 4.22. The summed E-state index contributed by atoms with van der Waals surface area (Å²) < 4.78 is 43.0. The number of pyridine rings is 1. The topological polar surface area (TPSA) is 34.2 Å². The summed E-state index contributed by atoms with van der Waals surface area (Å²) in [5.74, 6) is 0. The van der Waals surface area contributed by atoms with Crippen molar-refractivity contribution in [2.45, 2.75) is 50.9 Å². The fourth-order valence-corrected chi connectivity index (χ4v) is 2.38. The van der Waals surface area contributed by atoms with Crippen LogP contribution in [0.2, 0.25) is 0 Å². The lowest BCUT2D eigenvalue weighted by Crippen LogP contribution is -2.41. The molecule has 0 amide bonds. The monoisotopic (exact) mass is 288 g/mol. The molecule has 2 heterocycles. The number of rotatable bonds is 3. The number of nitrogens with one attached hydrogen (secondary N) is 1.